The minimum Gasteiger partial charge on any atom is -0.316 e. The number of nitrogens with one attached hydrogen (secondary N) is 3. The maximum absolute atomic E-state index is 11.4. The molecule has 96 valence electrons. The number of fused-ring (bicyclic) bond motifs is 1. The summed E-state index contributed by atoms with van der Waals surface area (Å²) < 4.78 is 0.867. The van der Waals surface area contributed by atoms with Crippen molar-refractivity contribution in [3.63, 3.8) is 0 Å². The second kappa shape index (κ2) is 5.49. The van der Waals surface area contributed by atoms with Crippen LogP contribution in [0.5, 0.6) is 0 Å². The summed E-state index contributed by atoms with van der Waals surface area (Å²) in [5.74, 6) is 0. The van der Waals surface area contributed by atoms with Gasteiger partial charge >= 0.3 is 11.1 Å². The van der Waals surface area contributed by atoms with Crippen LogP contribution in [-0.4, -0.2) is 16.5 Å². The van der Waals surface area contributed by atoms with Crippen LogP contribution in [0.1, 0.15) is 18.9 Å². The number of benzene rings is 1. The number of hydrogen-bond acceptors (Lipinski definition) is 3. The van der Waals surface area contributed by atoms with E-state index in [-0.39, 0.29) is 0 Å². The summed E-state index contributed by atoms with van der Waals surface area (Å²) in [4.78, 5) is 27.8. The normalized spacial score (nSPS) is 11.0. The van der Waals surface area contributed by atoms with Gasteiger partial charge in [0.25, 0.3) is 0 Å². The highest BCUT2D eigenvalue weighted by molar-refractivity contribution is 9.10. The topological polar surface area (TPSA) is 77.8 Å². The molecule has 1 heterocycles. The van der Waals surface area contributed by atoms with E-state index in [2.05, 4.69) is 38.1 Å². The summed E-state index contributed by atoms with van der Waals surface area (Å²) in [7, 11) is 0. The summed E-state index contributed by atoms with van der Waals surface area (Å²) in [6, 6.07) is 3.70. The van der Waals surface area contributed by atoms with Gasteiger partial charge in [-0.05, 0) is 30.7 Å². The lowest BCUT2D eigenvalue weighted by atomic mass is 10.1. The fourth-order valence-electron chi connectivity index (χ4n) is 1.80. The highest BCUT2D eigenvalue weighted by Gasteiger charge is 2.06. The summed E-state index contributed by atoms with van der Waals surface area (Å²) in [5, 5.41) is 3.27. The van der Waals surface area contributed by atoms with Crippen LogP contribution in [0.25, 0.3) is 11.0 Å². The van der Waals surface area contributed by atoms with Gasteiger partial charge in [-0.15, -0.1) is 0 Å². The smallest absolute Gasteiger partial charge is 0.314 e. The van der Waals surface area contributed by atoms with E-state index < -0.39 is 11.1 Å². The molecular formula is C12H14BrN3O2. The van der Waals surface area contributed by atoms with Gasteiger partial charge in [0.2, 0.25) is 0 Å². The van der Waals surface area contributed by atoms with Crippen molar-refractivity contribution in [2.75, 3.05) is 6.54 Å². The van der Waals surface area contributed by atoms with Crippen molar-refractivity contribution in [3.05, 3.63) is 42.9 Å². The average molecular weight is 312 g/mol. The zero-order valence-corrected chi connectivity index (χ0v) is 11.6. The quantitative estimate of drug-likeness (QED) is 0.591. The first-order valence-corrected chi connectivity index (χ1v) is 6.56. The molecule has 18 heavy (non-hydrogen) atoms. The Labute approximate surface area is 112 Å². The van der Waals surface area contributed by atoms with Gasteiger partial charge in [0.1, 0.15) is 0 Å². The Bertz CT molecular complexity index is 675. The Balaban J connectivity index is 2.53. The lowest BCUT2D eigenvalue weighted by molar-refractivity contribution is 0.677. The predicted molar refractivity (Wildman–Crippen MR) is 74.9 cm³/mol. The van der Waals surface area contributed by atoms with Crippen LogP contribution >= 0.6 is 15.9 Å². The summed E-state index contributed by atoms with van der Waals surface area (Å²) in [6.07, 6.45) is 1.04. The van der Waals surface area contributed by atoms with Gasteiger partial charge in [-0.25, -0.2) is 0 Å². The van der Waals surface area contributed by atoms with Gasteiger partial charge in [0.15, 0.2) is 0 Å². The molecule has 2 aromatic rings. The lowest BCUT2D eigenvalue weighted by Gasteiger charge is -2.08. The Morgan fingerprint density at radius 2 is 1.94 bits per heavy atom. The fourth-order valence-corrected chi connectivity index (χ4v) is 2.30. The molecule has 0 saturated heterocycles. The third kappa shape index (κ3) is 2.70. The van der Waals surface area contributed by atoms with Crippen molar-refractivity contribution < 1.29 is 0 Å². The molecule has 0 bridgehead atoms. The maximum Gasteiger partial charge on any atom is 0.314 e. The van der Waals surface area contributed by atoms with Gasteiger partial charge in [0.05, 0.1) is 11.0 Å². The molecule has 5 nitrogen and oxygen atoms in total. The van der Waals surface area contributed by atoms with Crippen LogP contribution in [0, 0.1) is 0 Å². The SMILES string of the molecule is CCCNCc1cc(Br)cc2[nH]c(=O)c(=O)[nH]c12. The van der Waals surface area contributed by atoms with Crippen molar-refractivity contribution in [1.82, 2.24) is 15.3 Å². The Morgan fingerprint density at radius 3 is 2.67 bits per heavy atom. The van der Waals surface area contributed by atoms with E-state index >= 15 is 0 Å². The van der Waals surface area contributed by atoms with E-state index in [1.54, 1.807) is 6.07 Å². The fraction of sp³-hybridized carbons (Fsp3) is 0.333. The predicted octanol–water partition coefficient (Wildman–Crippen LogP) is 1.48. The maximum atomic E-state index is 11.4. The average Bonchev–Trinajstić information content (AvgIpc) is 2.32. The molecular weight excluding hydrogens is 298 g/mol. The zero-order chi connectivity index (χ0) is 13.1. The van der Waals surface area contributed by atoms with Crippen LogP contribution in [0.15, 0.2) is 26.2 Å². The number of H-pyrrole nitrogens is 2. The molecule has 6 heteroatoms. The molecule has 3 N–H and O–H groups in total. The van der Waals surface area contributed by atoms with E-state index in [9.17, 15) is 9.59 Å². The molecule has 0 radical (unpaired) electrons. The first-order chi connectivity index (χ1) is 8.61. The number of aromatic amines is 2. The molecule has 1 aromatic carbocycles. The second-order valence-electron chi connectivity index (χ2n) is 4.07. The Hall–Kier alpha value is -1.40. The van der Waals surface area contributed by atoms with E-state index in [1.807, 2.05) is 6.07 Å². The van der Waals surface area contributed by atoms with E-state index in [0.717, 1.165) is 23.0 Å². The largest absolute Gasteiger partial charge is 0.316 e. The van der Waals surface area contributed by atoms with Crippen LogP contribution in [0.4, 0.5) is 0 Å². The number of hydrogen-bond donors (Lipinski definition) is 3. The number of halogens is 1. The van der Waals surface area contributed by atoms with Gasteiger partial charge in [-0.2, -0.15) is 0 Å². The van der Waals surface area contributed by atoms with E-state index in [4.69, 9.17) is 0 Å². The third-order valence-corrected chi connectivity index (χ3v) is 3.08. The first-order valence-electron chi connectivity index (χ1n) is 5.77. The minimum atomic E-state index is -0.631. The highest BCUT2D eigenvalue weighted by atomic mass is 79.9. The van der Waals surface area contributed by atoms with Crippen LogP contribution in [0.2, 0.25) is 0 Å². The number of rotatable bonds is 4. The molecule has 0 fully saturated rings. The molecule has 0 amide bonds. The molecule has 0 atom stereocenters. The van der Waals surface area contributed by atoms with E-state index in [0.29, 0.717) is 17.6 Å². The van der Waals surface area contributed by atoms with Crippen LogP contribution in [-0.2, 0) is 6.54 Å². The van der Waals surface area contributed by atoms with Gasteiger partial charge in [-0.3, -0.25) is 9.59 Å². The van der Waals surface area contributed by atoms with Crippen molar-refractivity contribution in [2.24, 2.45) is 0 Å². The van der Waals surface area contributed by atoms with Crippen molar-refractivity contribution >= 4 is 27.0 Å². The standard InChI is InChI=1S/C12H14BrN3O2/c1-2-3-14-6-7-4-8(13)5-9-10(7)16-12(18)11(17)15-9/h4-5,14H,2-3,6H2,1H3,(H,15,17)(H,16,18). The molecule has 0 saturated carbocycles. The summed E-state index contributed by atoms with van der Waals surface area (Å²) >= 11 is 3.39. The number of aromatic nitrogens is 2. The molecule has 1 aromatic heterocycles. The Morgan fingerprint density at radius 1 is 1.22 bits per heavy atom. The summed E-state index contributed by atoms with van der Waals surface area (Å²) in [5.41, 5.74) is 0.990. The molecule has 0 spiro atoms. The van der Waals surface area contributed by atoms with Crippen LogP contribution < -0.4 is 16.4 Å². The van der Waals surface area contributed by atoms with Gasteiger partial charge in [0, 0.05) is 11.0 Å². The zero-order valence-electron chi connectivity index (χ0n) is 9.97. The molecule has 0 unspecified atom stereocenters. The van der Waals surface area contributed by atoms with Crippen LogP contribution in [0.3, 0.4) is 0 Å². The van der Waals surface area contributed by atoms with Gasteiger partial charge < -0.3 is 15.3 Å². The second-order valence-corrected chi connectivity index (χ2v) is 4.99. The monoisotopic (exact) mass is 311 g/mol. The molecule has 0 aliphatic rings. The lowest BCUT2D eigenvalue weighted by Crippen LogP contribution is -2.29. The highest BCUT2D eigenvalue weighted by Crippen LogP contribution is 2.19. The molecule has 0 aliphatic heterocycles. The third-order valence-electron chi connectivity index (χ3n) is 2.62. The summed E-state index contributed by atoms with van der Waals surface area (Å²) in [6.45, 7) is 3.64. The first kappa shape index (κ1) is 13.0. The Kier molecular flexibility index (Phi) is 3.98. The molecule has 2 rings (SSSR count). The van der Waals surface area contributed by atoms with Crippen molar-refractivity contribution in [3.8, 4) is 0 Å². The van der Waals surface area contributed by atoms with Crippen molar-refractivity contribution in [1.29, 1.82) is 0 Å². The molecule has 0 aliphatic carbocycles. The minimum absolute atomic E-state index is 0.624. The van der Waals surface area contributed by atoms with Crippen molar-refractivity contribution in [2.45, 2.75) is 19.9 Å². The van der Waals surface area contributed by atoms with E-state index in [1.165, 1.54) is 0 Å². The van der Waals surface area contributed by atoms with Gasteiger partial charge in [-0.1, -0.05) is 22.9 Å².